The highest BCUT2D eigenvalue weighted by atomic mass is 35.5. The number of alkyl carbamates (subject to hydrolysis) is 1. The van der Waals surface area contributed by atoms with Crippen molar-refractivity contribution in [1.82, 2.24) is 25.7 Å². The van der Waals surface area contributed by atoms with E-state index in [9.17, 15) is 14.4 Å². The van der Waals surface area contributed by atoms with Gasteiger partial charge >= 0.3 is 12.1 Å². The fraction of sp³-hybridized carbons (Fsp3) is 0.714. The zero-order valence-corrected chi connectivity index (χ0v) is 19.4. The van der Waals surface area contributed by atoms with Gasteiger partial charge in [-0.3, -0.25) is 4.79 Å². The van der Waals surface area contributed by atoms with Crippen LogP contribution in [0.4, 0.5) is 15.3 Å². The Kier molecular flexibility index (Phi) is 7.59. The number of nitrogens with two attached hydrogens (primary N) is 1. The van der Waals surface area contributed by atoms with Crippen LogP contribution in [0.15, 0.2) is 11.0 Å². The van der Waals surface area contributed by atoms with Gasteiger partial charge in [0, 0.05) is 37.6 Å². The second-order valence-corrected chi connectivity index (χ2v) is 9.39. The molecule has 1 saturated heterocycles. The summed E-state index contributed by atoms with van der Waals surface area (Å²) in [7, 11) is 0. The quantitative estimate of drug-likeness (QED) is 0.453. The lowest BCUT2D eigenvalue weighted by atomic mass is 9.91. The molecule has 0 aromatic carbocycles. The third kappa shape index (κ3) is 6.29. The number of anilines is 1. The molecule has 4 rings (SSSR count). The first-order valence-corrected chi connectivity index (χ1v) is 12.1. The highest BCUT2D eigenvalue weighted by Crippen LogP contribution is 2.26. The number of rotatable bonds is 7. The number of urea groups is 1. The number of halogens is 1. The summed E-state index contributed by atoms with van der Waals surface area (Å²) >= 11 is 6.26. The largest absolute Gasteiger partial charge is 0.444 e. The van der Waals surface area contributed by atoms with E-state index in [-0.39, 0.29) is 34.8 Å². The normalized spacial score (nSPS) is 24.9. The molecular weight excluding hydrogens is 450 g/mol. The molecule has 2 heterocycles. The molecule has 0 unspecified atom stereocenters. The molecule has 5 N–H and O–H groups in total. The van der Waals surface area contributed by atoms with E-state index in [1.54, 1.807) is 6.20 Å². The number of ether oxygens (including phenoxy) is 1. The predicted molar refractivity (Wildman–Crippen MR) is 124 cm³/mol. The average Bonchev–Trinajstić information content (AvgIpc) is 3.48. The first-order chi connectivity index (χ1) is 15.9. The Hall–Kier alpha value is -2.53. The van der Waals surface area contributed by atoms with Crippen LogP contribution < -0.4 is 32.1 Å². The minimum atomic E-state index is -0.438. The Bertz CT molecular complexity index is 914. The predicted octanol–water partition coefficient (Wildman–Crippen LogP) is 0.933. The van der Waals surface area contributed by atoms with Gasteiger partial charge in [0.05, 0.1) is 25.0 Å². The number of hydrogen-bond acceptors (Lipinski definition) is 7. The van der Waals surface area contributed by atoms with Crippen LogP contribution in [0.25, 0.3) is 0 Å². The summed E-state index contributed by atoms with van der Waals surface area (Å²) in [5.41, 5.74) is 5.65. The fourth-order valence-electron chi connectivity index (χ4n) is 4.38. The smallest absolute Gasteiger partial charge is 0.407 e. The Morgan fingerprint density at radius 2 is 1.67 bits per heavy atom. The first kappa shape index (κ1) is 23.6. The minimum Gasteiger partial charge on any atom is -0.444 e. The Morgan fingerprint density at radius 3 is 2.27 bits per heavy atom. The minimum absolute atomic E-state index is 0.0355. The van der Waals surface area contributed by atoms with E-state index in [4.69, 9.17) is 22.1 Å². The van der Waals surface area contributed by atoms with E-state index in [2.05, 4.69) is 21.0 Å². The number of aromatic nitrogens is 2. The van der Waals surface area contributed by atoms with Gasteiger partial charge in [-0.1, -0.05) is 11.6 Å². The van der Waals surface area contributed by atoms with Crippen molar-refractivity contribution in [2.45, 2.75) is 75.7 Å². The Morgan fingerprint density at radius 1 is 1.06 bits per heavy atom. The maximum atomic E-state index is 12.4. The van der Waals surface area contributed by atoms with Crippen LogP contribution in [-0.2, 0) is 11.3 Å². The van der Waals surface area contributed by atoms with Crippen LogP contribution >= 0.6 is 11.6 Å². The Labute approximate surface area is 197 Å². The first-order valence-electron chi connectivity index (χ1n) is 11.7. The van der Waals surface area contributed by atoms with Crippen LogP contribution in [-0.4, -0.2) is 65.8 Å². The molecule has 3 amide bonds. The van der Waals surface area contributed by atoms with E-state index < -0.39 is 6.09 Å². The Balaban J connectivity index is 1.19. The lowest BCUT2D eigenvalue weighted by Gasteiger charge is -2.29. The number of amides is 3. The molecule has 0 bridgehead atoms. The molecule has 2 saturated carbocycles. The second-order valence-electron chi connectivity index (χ2n) is 9.01. The zero-order chi connectivity index (χ0) is 23.4. The van der Waals surface area contributed by atoms with Crippen LogP contribution in [0.2, 0.25) is 5.02 Å². The molecule has 2 aliphatic carbocycles. The lowest BCUT2D eigenvalue weighted by Crippen LogP contribution is -2.47. The molecule has 1 aromatic heterocycles. The average molecular weight is 482 g/mol. The zero-order valence-electron chi connectivity index (χ0n) is 18.6. The van der Waals surface area contributed by atoms with Crippen molar-refractivity contribution in [2.24, 2.45) is 5.73 Å². The van der Waals surface area contributed by atoms with Crippen molar-refractivity contribution in [3.05, 3.63) is 21.6 Å². The van der Waals surface area contributed by atoms with Gasteiger partial charge in [0.1, 0.15) is 11.1 Å². The van der Waals surface area contributed by atoms with Crippen molar-refractivity contribution in [2.75, 3.05) is 24.5 Å². The van der Waals surface area contributed by atoms with Crippen LogP contribution in [0.3, 0.4) is 0 Å². The maximum absolute atomic E-state index is 12.4. The third-order valence-corrected chi connectivity index (χ3v) is 6.72. The molecule has 3 aliphatic rings. The molecule has 1 aliphatic heterocycles. The molecule has 33 heavy (non-hydrogen) atoms. The van der Waals surface area contributed by atoms with Gasteiger partial charge < -0.3 is 31.3 Å². The fourth-order valence-corrected chi connectivity index (χ4v) is 4.64. The van der Waals surface area contributed by atoms with E-state index in [1.165, 1.54) is 4.68 Å². The van der Waals surface area contributed by atoms with Crippen molar-refractivity contribution in [3.63, 3.8) is 0 Å². The summed E-state index contributed by atoms with van der Waals surface area (Å²) < 4.78 is 6.85. The molecule has 11 nitrogen and oxygen atoms in total. The maximum Gasteiger partial charge on any atom is 0.407 e. The van der Waals surface area contributed by atoms with Crippen molar-refractivity contribution < 1.29 is 14.3 Å². The molecule has 0 spiro atoms. The summed E-state index contributed by atoms with van der Waals surface area (Å²) in [6.45, 7) is 1.66. The SMILES string of the molecule is NCCn1ncc(N2CC[C@@H](OC(=O)NC3CCC(NC(=O)NC4CC4)CC3)C2)c(Cl)c1=O. The van der Waals surface area contributed by atoms with Crippen molar-refractivity contribution in [1.29, 1.82) is 0 Å². The summed E-state index contributed by atoms with van der Waals surface area (Å²) in [5.74, 6) is 0. The highest BCUT2D eigenvalue weighted by Gasteiger charge is 2.30. The van der Waals surface area contributed by atoms with Crippen molar-refractivity contribution in [3.8, 4) is 0 Å². The lowest BCUT2D eigenvalue weighted by molar-refractivity contribution is 0.102. The van der Waals surface area contributed by atoms with Crippen LogP contribution in [0, 0.1) is 0 Å². The molecule has 3 fully saturated rings. The van der Waals surface area contributed by atoms with Gasteiger partial charge in [-0.05, 0) is 38.5 Å². The topological polar surface area (TPSA) is 144 Å². The van der Waals surface area contributed by atoms with E-state index >= 15 is 0 Å². The van der Waals surface area contributed by atoms with E-state index in [0.29, 0.717) is 44.3 Å². The van der Waals surface area contributed by atoms with Gasteiger partial charge in [-0.25, -0.2) is 14.3 Å². The van der Waals surface area contributed by atoms with E-state index in [0.717, 1.165) is 38.5 Å². The standard InChI is InChI=1S/C21H32ClN7O4/c22-18-17(11-24-29(10-8-23)19(18)30)28-9-7-16(12-28)33-21(32)27-15-5-3-14(4-6-15)26-20(31)25-13-1-2-13/h11,13-16H,1-10,12,23H2,(H,27,32)(H2,25,26,31)/t14?,15?,16-/m1/s1. The summed E-state index contributed by atoms with van der Waals surface area (Å²) in [6.07, 6.45) is 6.82. The number of hydrogen-bond donors (Lipinski definition) is 4. The molecule has 1 atom stereocenters. The third-order valence-electron chi connectivity index (χ3n) is 6.36. The number of nitrogens with zero attached hydrogens (tertiary/aromatic N) is 3. The molecule has 1 aromatic rings. The van der Waals surface area contributed by atoms with E-state index in [1.807, 2.05) is 4.90 Å². The number of nitrogens with one attached hydrogen (secondary N) is 3. The van der Waals surface area contributed by atoms with Gasteiger partial charge in [-0.2, -0.15) is 5.10 Å². The van der Waals surface area contributed by atoms with Crippen molar-refractivity contribution >= 4 is 29.4 Å². The second kappa shape index (κ2) is 10.6. The molecular formula is C21H32ClN7O4. The van der Waals surface area contributed by atoms with Crippen LogP contribution in [0.1, 0.15) is 44.9 Å². The van der Waals surface area contributed by atoms with Gasteiger partial charge in [0.15, 0.2) is 0 Å². The highest BCUT2D eigenvalue weighted by molar-refractivity contribution is 6.33. The monoisotopic (exact) mass is 481 g/mol. The summed E-state index contributed by atoms with van der Waals surface area (Å²) in [4.78, 5) is 38.5. The van der Waals surface area contributed by atoms with Gasteiger partial charge in [-0.15, -0.1) is 0 Å². The summed E-state index contributed by atoms with van der Waals surface area (Å²) in [6, 6.07) is 0.424. The molecule has 12 heteroatoms. The summed E-state index contributed by atoms with van der Waals surface area (Å²) in [5, 5.41) is 13.1. The number of carbonyl (C=O) groups is 2. The molecule has 182 valence electrons. The van der Waals surface area contributed by atoms with Gasteiger partial charge in [0.2, 0.25) is 0 Å². The van der Waals surface area contributed by atoms with Crippen LogP contribution in [0.5, 0.6) is 0 Å². The molecule has 0 radical (unpaired) electrons. The number of carbonyl (C=O) groups excluding carboxylic acids is 2. The van der Waals surface area contributed by atoms with Gasteiger partial charge in [0.25, 0.3) is 5.56 Å².